The van der Waals surface area contributed by atoms with Gasteiger partial charge in [-0.1, -0.05) is 30.3 Å². The zero-order chi connectivity index (χ0) is 14.1. The predicted molar refractivity (Wildman–Crippen MR) is 87.5 cm³/mol. The molecule has 2 heterocycles. The van der Waals surface area contributed by atoms with Gasteiger partial charge < -0.3 is 5.73 Å². The van der Waals surface area contributed by atoms with Crippen LogP contribution in [0.4, 0.5) is 0 Å². The first kappa shape index (κ1) is 13.0. The van der Waals surface area contributed by atoms with E-state index >= 15 is 0 Å². The van der Waals surface area contributed by atoms with Gasteiger partial charge in [-0.3, -0.25) is 5.41 Å². The van der Waals surface area contributed by atoms with E-state index in [-0.39, 0.29) is 16.3 Å². The number of aryl methyl sites for hydroxylation is 1. The summed E-state index contributed by atoms with van der Waals surface area (Å²) < 4.78 is 0. The SMILES string of the molecule is C[s+]1cc(-c2nc(-c3ccccc3)cs2)cc1C(=N)N. The molecular formula is C15H14N3S2+. The van der Waals surface area contributed by atoms with Gasteiger partial charge in [-0.25, -0.2) is 4.98 Å². The van der Waals surface area contributed by atoms with Gasteiger partial charge in [0.2, 0.25) is 4.88 Å². The van der Waals surface area contributed by atoms with E-state index in [0.717, 1.165) is 26.7 Å². The van der Waals surface area contributed by atoms with Gasteiger partial charge in [-0.15, -0.1) is 11.3 Å². The fourth-order valence-electron chi connectivity index (χ4n) is 2.03. The van der Waals surface area contributed by atoms with Crippen LogP contribution in [0.25, 0.3) is 21.8 Å². The molecule has 3 aromatic rings. The van der Waals surface area contributed by atoms with Crippen LogP contribution in [0.1, 0.15) is 4.88 Å². The van der Waals surface area contributed by atoms with Gasteiger partial charge in [0.05, 0.1) is 11.3 Å². The smallest absolute Gasteiger partial charge is 0.215 e. The van der Waals surface area contributed by atoms with E-state index < -0.39 is 0 Å². The molecule has 3 N–H and O–H groups in total. The van der Waals surface area contributed by atoms with E-state index in [9.17, 15) is 0 Å². The van der Waals surface area contributed by atoms with Crippen LogP contribution in [0.5, 0.6) is 0 Å². The Morgan fingerprint density at radius 2 is 2.00 bits per heavy atom. The van der Waals surface area contributed by atoms with Gasteiger partial charge in [0.25, 0.3) is 0 Å². The lowest BCUT2D eigenvalue weighted by molar-refractivity contribution is 1.41. The van der Waals surface area contributed by atoms with Crippen molar-refractivity contribution in [1.82, 2.24) is 4.98 Å². The largest absolute Gasteiger partial charge is 0.380 e. The maximum atomic E-state index is 7.58. The van der Waals surface area contributed by atoms with Crippen LogP contribution in [0, 0.1) is 5.41 Å². The number of hydrogen-bond donors (Lipinski definition) is 2. The van der Waals surface area contributed by atoms with Crippen LogP contribution in [0.3, 0.4) is 0 Å². The molecule has 3 nitrogen and oxygen atoms in total. The van der Waals surface area contributed by atoms with Gasteiger partial charge in [-0.2, -0.15) is 0 Å². The maximum absolute atomic E-state index is 7.58. The summed E-state index contributed by atoms with van der Waals surface area (Å²) in [5.41, 5.74) is 8.79. The van der Waals surface area contributed by atoms with Crippen LogP contribution in [-0.4, -0.2) is 10.8 Å². The number of aromatic nitrogens is 1. The highest BCUT2D eigenvalue weighted by Gasteiger charge is 2.18. The number of nitrogen functional groups attached to an aromatic ring is 1. The monoisotopic (exact) mass is 300 g/mol. The molecule has 0 saturated heterocycles. The Balaban J connectivity index is 1.98. The Labute approximate surface area is 124 Å². The minimum atomic E-state index is -0.0903. The number of thiazole rings is 1. The number of nitrogens with two attached hydrogens (primary N) is 1. The summed E-state index contributed by atoms with van der Waals surface area (Å²) in [4.78, 5) is 5.59. The number of benzene rings is 1. The van der Waals surface area contributed by atoms with Crippen molar-refractivity contribution in [3.05, 3.63) is 52.0 Å². The molecule has 1 aromatic carbocycles. The first-order valence-corrected chi connectivity index (χ1v) is 8.66. The first-order chi connectivity index (χ1) is 9.65. The summed E-state index contributed by atoms with van der Waals surface area (Å²) in [6.07, 6.45) is 2.08. The quantitative estimate of drug-likeness (QED) is 0.435. The second kappa shape index (κ2) is 5.19. The van der Waals surface area contributed by atoms with Crippen molar-refractivity contribution in [2.75, 3.05) is 0 Å². The Morgan fingerprint density at radius 1 is 1.25 bits per heavy atom. The van der Waals surface area contributed by atoms with Crippen molar-refractivity contribution in [2.45, 2.75) is 0 Å². The van der Waals surface area contributed by atoms with Crippen LogP contribution in [-0.2, 0) is 6.26 Å². The number of rotatable bonds is 3. The van der Waals surface area contributed by atoms with E-state index in [0.29, 0.717) is 0 Å². The van der Waals surface area contributed by atoms with Crippen molar-refractivity contribution < 1.29 is 0 Å². The van der Waals surface area contributed by atoms with Gasteiger partial charge in [0, 0.05) is 17.0 Å². The Morgan fingerprint density at radius 3 is 2.65 bits per heavy atom. The first-order valence-electron chi connectivity index (χ1n) is 6.09. The lowest BCUT2D eigenvalue weighted by atomic mass is 10.2. The molecule has 0 aliphatic rings. The lowest BCUT2D eigenvalue weighted by Gasteiger charge is -1.93. The minimum absolute atomic E-state index is 0.0903. The minimum Gasteiger partial charge on any atom is -0.380 e. The van der Waals surface area contributed by atoms with Gasteiger partial charge in [-0.05, 0) is 10.5 Å². The second-order valence-electron chi connectivity index (χ2n) is 4.46. The number of nitrogens with zero attached hydrogens (tertiary/aromatic N) is 1. The molecule has 1 atom stereocenters. The number of thiophene rings is 1. The topological polar surface area (TPSA) is 62.8 Å². The standard InChI is InChI=1S/C15H14N3S2/c1-20-9-11(7-13(20)14(16)17)15-18-12(8-19-15)10-5-3-2-4-6-10/h2-9H,1H3,(H3,16,17)/q+1. The average Bonchev–Trinajstić information content (AvgIpc) is 3.06. The van der Waals surface area contributed by atoms with E-state index in [1.54, 1.807) is 11.3 Å². The summed E-state index contributed by atoms with van der Waals surface area (Å²) in [5.74, 6) is 0.155. The molecule has 1 unspecified atom stereocenters. The molecule has 100 valence electrons. The Hall–Kier alpha value is -1.98. The molecule has 2 aromatic heterocycles. The molecule has 0 fully saturated rings. The van der Waals surface area contributed by atoms with Crippen molar-refractivity contribution in [3.8, 4) is 21.8 Å². The third-order valence-electron chi connectivity index (χ3n) is 3.02. The normalized spacial score (nSPS) is 11.6. The number of nitrogens with one attached hydrogen (secondary N) is 1. The molecule has 0 spiro atoms. The zero-order valence-electron chi connectivity index (χ0n) is 11.0. The highest BCUT2D eigenvalue weighted by Crippen LogP contribution is 2.34. The van der Waals surface area contributed by atoms with Crippen LogP contribution >= 0.6 is 21.8 Å². The van der Waals surface area contributed by atoms with Gasteiger partial charge in [0.15, 0.2) is 5.84 Å². The van der Waals surface area contributed by atoms with E-state index in [2.05, 4.69) is 34.1 Å². The predicted octanol–water partition coefficient (Wildman–Crippen LogP) is 4.05. The Kier molecular flexibility index (Phi) is 3.38. The van der Waals surface area contributed by atoms with Gasteiger partial charge >= 0.3 is 0 Å². The zero-order valence-corrected chi connectivity index (χ0v) is 12.6. The number of amidine groups is 1. The molecule has 3 rings (SSSR count). The molecule has 0 aliphatic heterocycles. The van der Waals surface area contributed by atoms with E-state index in [4.69, 9.17) is 11.1 Å². The lowest BCUT2D eigenvalue weighted by Crippen LogP contribution is -2.09. The summed E-state index contributed by atoms with van der Waals surface area (Å²) in [6, 6.07) is 12.1. The van der Waals surface area contributed by atoms with Crippen molar-refractivity contribution >= 4 is 27.6 Å². The average molecular weight is 300 g/mol. The summed E-state index contributed by atoms with van der Waals surface area (Å²) in [6.45, 7) is 0. The molecular weight excluding hydrogens is 286 g/mol. The fourth-order valence-corrected chi connectivity index (χ4v) is 4.27. The third kappa shape index (κ3) is 2.37. The molecule has 20 heavy (non-hydrogen) atoms. The third-order valence-corrected chi connectivity index (χ3v) is 5.55. The van der Waals surface area contributed by atoms with E-state index in [1.165, 1.54) is 0 Å². The molecule has 0 bridgehead atoms. The second-order valence-corrected chi connectivity index (χ2v) is 7.11. The molecule has 0 aliphatic carbocycles. The molecule has 0 saturated carbocycles. The van der Waals surface area contributed by atoms with E-state index in [1.807, 2.05) is 24.3 Å². The maximum Gasteiger partial charge on any atom is 0.215 e. The van der Waals surface area contributed by atoms with Crippen molar-refractivity contribution in [3.63, 3.8) is 0 Å². The van der Waals surface area contributed by atoms with Crippen molar-refractivity contribution in [2.24, 2.45) is 12.0 Å². The van der Waals surface area contributed by atoms with Gasteiger partial charge in [0.1, 0.15) is 16.6 Å². The summed E-state index contributed by atoms with van der Waals surface area (Å²) in [5, 5.41) is 12.8. The molecule has 5 heteroatoms. The summed E-state index contributed by atoms with van der Waals surface area (Å²) in [7, 11) is -0.0903. The highest BCUT2D eigenvalue weighted by molar-refractivity contribution is 7.30. The Bertz CT molecular complexity index is 757. The molecule has 0 radical (unpaired) electrons. The fraction of sp³-hybridized carbons (Fsp3) is 0.0667. The van der Waals surface area contributed by atoms with Crippen LogP contribution in [0.15, 0.2) is 47.2 Å². The highest BCUT2D eigenvalue weighted by atomic mass is 32.2. The van der Waals surface area contributed by atoms with Crippen LogP contribution in [0.2, 0.25) is 0 Å². The molecule has 0 amide bonds. The number of hydrogen-bond acceptors (Lipinski definition) is 3. The summed E-state index contributed by atoms with van der Waals surface area (Å²) >= 11 is 1.63. The van der Waals surface area contributed by atoms with Crippen molar-refractivity contribution in [1.29, 1.82) is 5.41 Å². The van der Waals surface area contributed by atoms with Crippen LogP contribution < -0.4 is 5.73 Å².